The molecule has 2 heterocycles. The van der Waals surface area contributed by atoms with Crippen LogP contribution in [0.25, 0.3) is 0 Å². The number of piperidine rings is 1. The normalized spacial score (nSPS) is 15.4. The van der Waals surface area contributed by atoms with Crippen molar-refractivity contribution in [2.24, 2.45) is 0 Å². The Kier molecular flexibility index (Phi) is 4.52. The smallest absolute Gasteiger partial charge is 0.263 e. The Hall–Kier alpha value is -2.08. The second-order valence-corrected chi connectivity index (χ2v) is 7.55. The highest BCUT2D eigenvalue weighted by molar-refractivity contribution is 7.92. The average Bonchev–Trinajstić information content (AvgIpc) is 2.56. The van der Waals surface area contributed by atoms with Gasteiger partial charge in [0.1, 0.15) is 5.82 Å². The van der Waals surface area contributed by atoms with Crippen LogP contribution >= 0.6 is 0 Å². The second-order valence-electron chi connectivity index (χ2n) is 5.87. The first-order chi connectivity index (χ1) is 11.0. The average molecular weight is 331 g/mol. The van der Waals surface area contributed by atoms with Gasteiger partial charge in [0.25, 0.3) is 10.0 Å². The van der Waals surface area contributed by atoms with Gasteiger partial charge < -0.3 is 4.90 Å². The van der Waals surface area contributed by atoms with Gasteiger partial charge in [0.15, 0.2) is 0 Å². The highest BCUT2D eigenvalue weighted by Crippen LogP contribution is 2.21. The maximum Gasteiger partial charge on any atom is 0.263 e. The number of sulfonamides is 1. The van der Waals surface area contributed by atoms with E-state index in [4.69, 9.17) is 0 Å². The minimum Gasteiger partial charge on any atom is -0.370 e. The third kappa shape index (κ3) is 3.82. The maximum atomic E-state index is 12.3. The molecule has 1 aromatic carbocycles. The van der Waals surface area contributed by atoms with E-state index >= 15 is 0 Å². The van der Waals surface area contributed by atoms with Crippen molar-refractivity contribution < 1.29 is 8.42 Å². The predicted octanol–water partition coefficient (Wildman–Crippen LogP) is 3.18. The van der Waals surface area contributed by atoms with Gasteiger partial charge in [-0.3, -0.25) is 4.72 Å². The molecule has 1 aliphatic rings. The van der Waals surface area contributed by atoms with Crippen molar-refractivity contribution in [1.82, 2.24) is 4.98 Å². The summed E-state index contributed by atoms with van der Waals surface area (Å²) in [6, 6.07) is 10.4. The summed E-state index contributed by atoms with van der Waals surface area (Å²) in [5, 5.41) is 0. The molecule has 1 fully saturated rings. The molecule has 1 saturated heterocycles. The summed E-state index contributed by atoms with van der Waals surface area (Å²) in [6.45, 7) is 4.00. The molecule has 0 unspecified atom stereocenters. The molecule has 0 aliphatic carbocycles. The number of anilines is 2. The van der Waals surface area contributed by atoms with Crippen molar-refractivity contribution in [1.29, 1.82) is 0 Å². The van der Waals surface area contributed by atoms with Crippen molar-refractivity contribution in [2.75, 3.05) is 22.7 Å². The van der Waals surface area contributed by atoms with Gasteiger partial charge in [-0.25, -0.2) is 13.4 Å². The lowest BCUT2D eigenvalue weighted by atomic mass is 10.1. The molecule has 0 amide bonds. The Morgan fingerprint density at radius 3 is 2.30 bits per heavy atom. The zero-order valence-corrected chi connectivity index (χ0v) is 14.0. The van der Waals surface area contributed by atoms with E-state index in [0.29, 0.717) is 5.82 Å². The lowest BCUT2D eigenvalue weighted by molar-refractivity contribution is 0.577. The number of benzene rings is 1. The summed E-state index contributed by atoms with van der Waals surface area (Å²) in [5.41, 5.74) is 2.07. The fourth-order valence-corrected chi connectivity index (χ4v) is 3.71. The molecule has 6 heteroatoms. The molecule has 0 saturated carbocycles. The molecule has 1 aromatic heterocycles. The second kappa shape index (κ2) is 6.58. The van der Waals surface area contributed by atoms with E-state index in [9.17, 15) is 8.42 Å². The molecule has 1 N–H and O–H groups in total. The Morgan fingerprint density at radius 1 is 1.00 bits per heavy atom. The summed E-state index contributed by atoms with van der Waals surface area (Å²) < 4.78 is 27.2. The Labute approximate surface area is 137 Å². The molecular weight excluding hydrogens is 310 g/mol. The number of hydrogen-bond acceptors (Lipinski definition) is 4. The summed E-state index contributed by atoms with van der Waals surface area (Å²) in [7, 11) is -3.59. The van der Waals surface area contributed by atoms with Gasteiger partial charge >= 0.3 is 0 Å². The number of nitrogens with one attached hydrogen (secondary N) is 1. The van der Waals surface area contributed by atoms with Gasteiger partial charge in [-0.1, -0.05) is 17.7 Å². The summed E-state index contributed by atoms with van der Waals surface area (Å²) in [6.07, 6.45) is 5.40. The monoisotopic (exact) mass is 331 g/mol. The Bertz CT molecular complexity index is 749. The lowest BCUT2D eigenvalue weighted by Crippen LogP contribution is -2.29. The number of hydrogen-bond donors (Lipinski definition) is 1. The van der Waals surface area contributed by atoms with Crippen LogP contribution < -0.4 is 9.62 Å². The first kappa shape index (κ1) is 15.8. The minimum absolute atomic E-state index is 0.241. The van der Waals surface area contributed by atoms with E-state index in [1.807, 2.05) is 13.0 Å². The minimum atomic E-state index is -3.59. The van der Waals surface area contributed by atoms with Crippen molar-refractivity contribution in [2.45, 2.75) is 31.1 Å². The summed E-state index contributed by atoms with van der Waals surface area (Å²) >= 11 is 0. The summed E-state index contributed by atoms with van der Waals surface area (Å²) in [4.78, 5) is 6.78. The summed E-state index contributed by atoms with van der Waals surface area (Å²) in [5.74, 6) is 0.339. The van der Waals surface area contributed by atoms with Crippen LogP contribution in [0.15, 0.2) is 47.5 Å². The third-order valence-electron chi connectivity index (χ3n) is 4.04. The number of rotatable bonds is 4. The SMILES string of the molecule is Cc1ccc(S(=O)(=O)Nc2ccc(N3CCCCC3)cn2)cc1. The van der Waals surface area contributed by atoms with Crippen LogP contribution in [-0.4, -0.2) is 26.5 Å². The first-order valence-electron chi connectivity index (χ1n) is 7.85. The molecule has 1 aliphatic heterocycles. The molecule has 122 valence electrons. The van der Waals surface area contributed by atoms with Crippen LogP contribution in [0.5, 0.6) is 0 Å². The molecule has 0 bridgehead atoms. The van der Waals surface area contributed by atoms with Crippen LogP contribution in [0, 0.1) is 6.92 Å². The molecule has 0 spiro atoms. The van der Waals surface area contributed by atoms with E-state index in [2.05, 4.69) is 14.6 Å². The van der Waals surface area contributed by atoms with Crippen LogP contribution in [0.4, 0.5) is 11.5 Å². The van der Waals surface area contributed by atoms with Gasteiger partial charge in [0.05, 0.1) is 16.8 Å². The number of aryl methyl sites for hydroxylation is 1. The largest absolute Gasteiger partial charge is 0.370 e. The van der Waals surface area contributed by atoms with Crippen LogP contribution in [0.2, 0.25) is 0 Å². The van der Waals surface area contributed by atoms with E-state index < -0.39 is 10.0 Å². The topological polar surface area (TPSA) is 62.3 Å². The van der Waals surface area contributed by atoms with E-state index in [1.165, 1.54) is 19.3 Å². The van der Waals surface area contributed by atoms with Gasteiger partial charge in [-0.05, 0) is 50.5 Å². The van der Waals surface area contributed by atoms with Crippen molar-refractivity contribution in [3.63, 3.8) is 0 Å². The standard InChI is InChI=1S/C17H21N3O2S/c1-14-5-8-16(9-6-14)23(21,22)19-17-10-7-15(13-18-17)20-11-3-2-4-12-20/h5-10,13H,2-4,11-12H2,1H3,(H,18,19). The molecule has 23 heavy (non-hydrogen) atoms. The van der Waals surface area contributed by atoms with Crippen LogP contribution in [0.1, 0.15) is 24.8 Å². The highest BCUT2D eigenvalue weighted by atomic mass is 32.2. The number of nitrogens with zero attached hydrogens (tertiary/aromatic N) is 2. The van der Waals surface area contributed by atoms with E-state index in [1.54, 1.807) is 36.5 Å². The molecule has 2 aromatic rings. The van der Waals surface area contributed by atoms with Crippen LogP contribution in [0.3, 0.4) is 0 Å². The maximum absolute atomic E-state index is 12.3. The number of pyridine rings is 1. The molecule has 0 radical (unpaired) electrons. The molecule has 0 atom stereocenters. The van der Waals surface area contributed by atoms with E-state index in [-0.39, 0.29) is 4.90 Å². The Balaban J connectivity index is 1.73. The van der Waals surface area contributed by atoms with Gasteiger partial charge in [0.2, 0.25) is 0 Å². The zero-order chi connectivity index (χ0) is 16.3. The molecule has 3 rings (SSSR count). The van der Waals surface area contributed by atoms with E-state index in [0.717, 1.165) is 24.3 Å². The van der Waals surface area contributed by atoms with Gasteiger partial charge in [-0.2, -0.15) is 0 Å². The molecule has 5 nitrogen and oxygen atoms in total. The zero-order valence-electron chi connectivity index (χ0n) is 13.2. The van der Waals surface area contributed by atoms with Gasteiger partial charge in [-0.15, -0.1) is 0 Å². The quantitative estimate of drug-likeness (QED) is 0.934. The van der Waals surface area contributed by atoms with Crippen molar-refractivity contribution in [3.8, 4) is 0 Å². The fourth-order valence-electron chi connectivity index (χ4n) is 2.70. The van der Waals surface area contributed by atoms with Crippen molar-refractivity contribution in [3.05, 3.63) is 48.2 Å². The predicted molar refractivity (Wildman–Crippen MR) is 92.3 cm³/mol. The van der Waals surface area contributed by atoms with Gasteiger partial charge in [0, 0.05) is 13.1 Å². The third-order valence-corrected chi connectivity index (χ3v) is 5.41. The van der Waals surface area contributed by atoms with Crippen molar-refractivity contribution >= 4 is 21.5 Å². The highest BCUT2D eigenvalue weighted by Gasteiger charge is 2.15. The molecular formula is C17H21N3O2S. The Morgan fingerprint density at radius 2 is 1.70 bits per heavy atom. The first-order valence-corrected chi connectivity index (χ1v) is 9.33. The number of aromatic nitrogens is 1. The lowest BCUT2D eigenvalue weighted by Gasteiger charge is -2.28. The fraction of sp³-hybridized carbons (Fsp3) is 0.353. The van der Waals surface area contributed by atoms with Crippen LogP contribution in [-0.2, 0) is 10.0 Å².